The lowest BCUT2D eigenvalue weighted by molar-refractivity contribution is 0.143. The maximum absolute atomic E-state index is 5.27. The largest absolute Gasteiger partial charge is 0.382 e. The molecule has 3 nitrogen and oxygen atoms in total. The van der Waals surface area contributed by atoms with Crippen LogP contribution < -0.4 is 10.6 Å². The minimum atomic E-state index is 0.690. The van der Waals surface area contributed by atoms with E-state index >= 15 is 0 Å². The van der Waals surface area contributed by atoms with Crippen LogP contribution in [0.3, 0.4) is 0 Å². The van der Waals surface area contributed by atoms with E-state index in [0.29, 0.717) is 6.04 Å². The van der Waals surface area contributed by atoms with Crippen LogP contribution in [0.5, 0.6) is 0 Å². The van der Waals surface area contributed by atoms with E-state index in [9.17, 15) is 0 Å². The van der Waals surface area contributed by atoms with Gasteiger partial charge in [0.15, 0.2) is 0 Å². The Kier molecular flexibility index (Phi) is 6.15. The van der Waals surface area contributed by atoms with Crippen molar-refractivity contribution in [3.63, 3.8) is 0 Å². The van der Waals surface area contributed by atoms with Crippen LogP contribution in [0.2, 0.25) is 0 Å². The van der Waals surface area contributed by atoms with Crippen LogP contribution in [0.1, 0.15) is 26.2 Å². The summed E-state index contributed by atoms with van der Waals surface area (Å²) in [6.07, 6.45) is 3.76. The molecule has 0 amide bonds. The summed E-state index contributed by atoms with van der Waals surface area (Å²) < 4.78 is 5.27. The van der Waals surface area contributed by atoms with E-state index in [4.69, 9.17) is 4.74 Å². The first-order valence-corrected chi connectivity index (χ1v) is 5.45. The molecule has 0 aromatic rings. The number of nitrogens with one attached hydrogen (secondary N) is 2. The van der Waals surface area contributed by atoms with Gasteiger partial charge in [0, 0.05) is 25.8 Å². The molecule has 0 aromatic heterocycles. The molecule has 1 unspecified atom stereocenters. The van der Waals surface area contributed by atoms with Gasteiger partial charge in [0.25, 0.3) is 0 Å². The Hall–Kier alpha value is -0.120. The van der Waals surface area contributed by atoms with Gasteiger partial charge >= 0.3 is 0 Å². The smallest absolute Gasteiger partial charge is 0.0477 e. The minimum Gasteiger partial charge on any atom is -0.382 e. The van der Waals surface area contributed by atoms with E-state index in [0.717, 1.165) is 32.7 Å². The fourth-order valence-electron chi connectivity index (χ4n) is 1.65. The molecule has 13 heavy (non-hydrogen) atoms. The molecule has 1 fully saturated rings. The molecule has 2 N–H and O–H groups in total. The lowest BCUT2D eigenvalue weighted by Gasteiger charge is -2.23. The number of rotatable bonds is 6. The van der Waals surface area contributed by atoms with Crippen molar-refractivity contribution in [2.24, 2.45) is 0 Å². The van der Waals surface area contributed by atoms with E-state index < -0.39 is 0 Å². The van der Waals surface area contributed by atoms with Gasteiger partial charge in [-0.2, -0.15) is 0 Å². The zero-order valence-electron chi connectivity index (χ0n) is 8.64. The van der Waals surface area contributed by atoms with Gasteiger partial charge in [-0.15, -0.1) is 0 Å². The van der Waals surface area contributed by atoms with Gasteiger partial charge in [0.1, 0.15) is 0 Å². The van der Waals surface area contributed by atoms with Crippen molar-refractivity contribution >= 4 is 0 Å². The third-order valence-electron chi connectivity index (χ3n) is 2.40. The summed E-state index contributed by atoms with van der Waals surface area (Å²) in [6.45, 7) is 7.19. The summed E-state index contributed by atoms with van der Waals surface area (Å²) in [6, 6.07) is 0.690. The zero-order valence-corrected chi connectivity index (χ0v) is 8.64. The van der Waals surface area contributed by atoms with E-state index in [1.54, 1.807) is 0 Å². The molecule has 3 heteroatoms. The average Bonchev–Trinajstić information content (AvgIpc) is 2.19. The van der Waals surface area contributed by atoms with Crippen molar-refractivity contribution in [1.29, 1.82) is 0 Å². The molecule has 0 spiro atoms. The predicted molar refractivity (Wildman–Crippen MR) is 55.0 cm³/mol. The topological polar surface area (TPSA) is 33.3 Å². The van der Waals surface area contributed by atoms with Crippen molar-refractivity contribution in [3.8, 4) is 0 Å². The monoisotopic (exact) mass is 186 g/mol. The van der Waals surface area contributed by atoms with Crippen LogP contribution in [0.4, 0.5) is 0 Å². The van der Waals surface area contributed by atoms with Crippen LogP contribution in [0, 0.1) is 0 Å². The van der Waals surface area contributed by atoms with Crippen LogP contribution in [-0.2, 0) is 4.74 Å². The summed E-state index contributed by atoms with van der Waals surface area (Å²) in [7, 11) is 0. The predicted octanol–water partition coefficient (Wildman–Crippen LogP) is 0.755. The molecule has 1 aliphatic heterocycles. The van der Waals surface area contributed by atoms with Crippen molar-refractivity contribution in [2.45, 2.75) is 32.2 Å². The highest BCUT2D eigenvalue weighted by Crippen LogP contribution is 2.00. The van der Waals surface area contributed by atoms with Gasteiger partial charge in [0.05, 0.1) is 0 Å². The van der Waals surface area contributed by atoms with Crippen LogP contribution in [0.15, 0.2) is 0 Å². The molecule has 0 bridgehead atoms. The van der Waals surface area contributed by atoms with E-state index in [2.05, 4.69) is 10.6 Å². The van der Waals surface area contributed by atoms with Gasteiger partial charge in [-0.05, 0) is 39.3 Å². The second-order valence-electron chi connectivity index (χ2n) is 3.55. The Bertz CT molecular complexity index is 113. The molecule has 1 aliphatic rings. The Morgan fingerprint density at radius 2 is 2.46 bits per heavy atom. The molecule has 0 saturated carbocycles. The number of piperidine rings is 1. The van der Waals surface area contributed by atoms with Crippen LogP contribution in [0.25, 0.3) is 0 Å². The normalized spacial score (nSPS) is 23.3. The van der Waals surface area contributed by atoms with Crippen molar-refractivity contribution in [2.75, 3.05) is 32.8 Å². The third-order valence-corrected chi connectivity index (χ3v) is 2.40. The summed E-state index contributed by atoms with van der Waals surface area (Å²) in [4.78, 5) is 0. The Morgan fingerprint density at radius 1 is 1.54 bits per heavy atom. The van der Waals surface area contributed by atoms with Crippen LogP contribution >= 0.6 is 0 Å². The van der Waals surface area contributed by atoms with Gasteiger partial charge in [-0.25, -0.2) is 0 Å². The molecule has 0 radical (unpaired) electrons. The molecular weight excluding hydrogens is 164 g/mol. The Balaban J connectivity index is 1.86. The lowest BCUT2D eigenvalue weighted by atomic mass is 10.1. The highest BCUT2D eigenvalue weighted by molar-refractivity contribution is 4.74. The average molecular weight is 186 g/mol. The molecule has 1 heterocycles. The maximum atomic E-state index is 5.27. The fraction of sp³-hybridized carbons (Fsp3) is 1.00. The third kappa shape index (κ3) is 5.24. The van der Waals surface area contributed by atoms with Crippen LogP contribution in [-0.4, -0.2) is 38.9 Å². The second-order valence-corrected chi connectivity index (χ2v) is 3.55. The maximum Gasteiger partial charge on any atom is 0.0477 e. The molecule has 1 saturated heterocycles. The molecule has 1 atom stereocenters. The standard InChI is InChI=1S/C10H22N2O/c1-2-13-8-4-7-12-10-5-3-6-11-9-10/h10-12H,2-9H2,1H3. The molecule has 0 aliphatic carbocycles. The number of ether oxygens (including phenoxy) is 1. The Morgan fingerprint density at radius 3 is 3.15 bits per heavy atom. The van der Waals surface area contributed by atoms with Gasteiger partial charge in [0.2, 0.25) is 0 Å². The summed E-state index contributed by atoms with van der Waals surface area (Å²) in [5.74, 6) is 0. The van der Waals surface area contributed by atoms with Gasteiger partial charge in [-0.3, -0.25) is 0 Å². The van der Waals surface area contributed by atoms with Crippen molar-refractivity contribution in [3.05, 3.63) is 0 Å². The summed E-state index contributed by atoms with van der Waals surface area (Å²) >= 11 is 0. The summed E-state index contributed by atoms with van der Waals surface area (Å²) in [5, 5.41) is 6.93. The van der Waals surface area contributed by atoms with Crippen molar-refractivity contribution < 1.29 is 4.74 Å². The molecular formula is C10H22N2O. The van der Waals surface area contributed by atoms with Gasteiger partial charge < -0.3 is 15.4 Å². The number of hydrogen-bond donors (Lipinski definition) is 2. The second kappa shape index (κ2) is 7.30. The first-order chi connectivity index (χ1) is 6.43. The molecule has 1 rings (SSSR count). The fourth-order valence-corrected chi connectivity index (χ4v) is 1.65. The first-order valence-electron chi connectivity index (χ1n) is 5.45. The van der Waals surface area contributed by atoms with Crippen molar-refractivity contribution in [1.82, 2.24) is 10.6 Å². The van der Waals surface area contributed by atoms with E-state index in [1.807, 2.05) is 6.92 Å². The highest BCUT2D eigenvalue weighted by atomic mass is 16.5. The number of hydrogen-bond acceptors (Lipinski definition) is 3. The first kappa shape index (κ1) is 11.0. The Labute approximate surface area is 81.2 Å². The van der Waals surface area contributed by atoms with E-state index in [1.165, 1.54) is 19.4 Å². The SMILES string of the molecule is CCOCCCNC1CCCNC1. The zero-order chi connectivity index (χ0) is 9.36. The lowest BCUT2D eigenvalue weighted by Crippen LogP contribution is -2.43. The molecule has 78 valence electrons. The quantitative estimate of drug-likeness (QED) is 0.601. The summed E-state index contributed by atoms with van der Waals surface area (Å²) in [5.41, 5.74) is 0. The van der Waals surface area contributed by atoms with Gasteiger partial charge in [-0.1, -0.05) is 0 Å². The highest BCUT2D eigenvalue weighted by Gasteiger charge is 2.10. The molecule has 0 aromatic carbocycles. The minimum absolute atomic E-state index is 0.690. The van der Waals surface area contributed by atoms with E-state index in [-0.39, 0.29) is 0 Å².